The minimum atomic E-state index is -0.328. The third-order valence-electron chi connectivity index (χ3n) is 4.07. The highest BCUT2D eigenvalue weighted by atomic mass is 35.5. The van der Waals surface area contributed by atoms with Gasteiger partial charge in [0.2, 0.25) is 0 Å². The first kappa shape index (κ1) is 18.6. The summed E-state index contributed by atoms with van der Waals surface area (Å²) in [6, 6.07) is 9.56. The van der Waals surface area contributed by atoms with E-state index < -0.39 is 0 Å². The second-order valence-corrected chi connectivity index (χ2v) is 7.80. The Morgan fingerprint density at radius 2 is 2.00 bits per heavy atom. The maximum atomic E-state index is 12.2. The predicted molar refractivity (Wildman–Crippen MR) is 106 cm³/mol. The number of thiophene rings is 1. The molecule has 3 aromatic rings. The number of methoxy groups -OCH3 is 1. The first-order valence-electron chi connectivity index (χ1n) is 8.27. The van der Waals surface area contributed by atoms with Crippen LogP contribution in [-0.2, 0) is 16.0 Å². The van der Waals surface area contributed by atoms with E-state index in [1.165, 1.54) is 12.0 Å². The van der Waals surface area contributed by atoms with E-state index in [4.69, 9.17) is 16.3 Å². The zero-order chi connectivity index (χ0) is 18.7. The number of aromatic nitrogens is 2. The van der Waals surface area contributed by atoms with Gasteiger partial charge in [-0.25, -0.2) is 9.97 Å². The van der Waals surface area contributed by atoms with Gasteiger partial charge in [-0.2, -0.15) is 0 Å². The van der Waals surface area contributed by atoms with Crippen molar-refractivity contribution in [2.24, 2.45) is 5.92 Å². The van der Waals surface area contributed by atoms with Crippen molar-refractivity contribution in [1.29, 1.82) is 0 Å². The van der Waals surface area contributed by atoms with Crippen LogP contribution in [0.15, 0.2) is 30.3 Å². The van der Waals surface area contributed by atoms with Crippen LogP contribution in [0.4, 0.5) is 5.82 Å². The summed E-state index contributed by atoms with van der Waals surface area (Å²) in [4.78, 5) is 23.3. The fourth-order valence-corrected chi connectivity index (χ4v) is 3.86. The monoisotopic (exact) mass is 389 g/mol. The molecule has 1 N–H and O–H groups in total. The second kappa shape index (κ2) is 8.01. The van der Waals surface area contributed by atoms with E-state index in [-0.39, 0.29) is 11.9 Å². The van der Waals surface area contributed by atoms with Crippen LogP contribution >= 0.6 is 22.9 Å². The molecule has 26 heavy (non-hydrogen) atoms. The molecule has 3 rings (SSSR count). The lowest BCUT2D eigenvalue weighted by atomic mass is 9.99. The number of hydrogen-bond donors (Lipinski definition) is 1. The lowest BCUT2D eigenvalue weighted by molar-refractivity contribution is -0.144. The Hall–Kier alpha value is -2.18. The van der Waals surface area contributed by atoms with Crippen molar-refractivity contribution < 1.29 is 9.53 Å². The van der Waals surface area contributed by atoms with Gasteiger partial charge in [0.15, 0.2) is 0 Å². The Kier molecular flexibility index (Phi) is 5.74. The number of carbonyl (C=O) groups excluding carboxylic acids is 1. The molecule has 2 aromatic heterocycles. The van der Waals surface area contributed by atoms with Crippen LogP contribution in [0.1, 0.15) is 16.3 Å². The van der Waals surface area contributed by atoms with E-state index in [1.54, 1.807) is 11.3 Å². The molecule has 0 radical (unpaired) electrons. The molecule has 0 amide bonds. The first-order chi connectivity index (χ1) is 12.5. The van der Waals surface area contributed by atoms with Gasteiger partial charge in [0.25, 0.3) is 0 Å². The number of benzene rings is 1. The molecule has 0 bridgehead atoms. The molecule has 1 unspecified atom stereocenters. The summed E-state index contributed by atoms with van der Waals surface area (Å²) >= 11 is 7.57. The van der Waals surface area contributed by atoms with Crippen molar-refractivity contribution in [2.75, 3.05) is 19.0 Å². The van der Waals surface area contributed by atoms with Gasteiger partial charge in [0.05, 0.1) is 18.4 Å². The first-order valence-corrected chi connectivity index (χ1v) is 9.46. The van der Waals surface area contributed by atoms with Crippen LogP contribution < -0.4 is 5.32 Å². The van der Waals surface area contributed by atoms with Gasteiger partial charge in [-0.3, -0.25) is 4.79 Å². The van der Waals surface area contributed by atoms with E-state index in [0.29, 0.717) is 23.8 Å². The predicted octanol–water partition coefficient (Wildman–Crippen LogP) is 4.41. The van der Waals surface area contributed by atoms with Crippen molar-refractivity contribution in [1.82, 2.24) is 9.97 Å². The minimum absolute atomic E-state index is 0.254. The lowest BCUT2D eigenvalue weighted by Crippen LogP contribution is -2.27. The third-order valence-corrected chi connectivity index (χ3v) is 5.27. The smallest absolute Gasteiger partial charge is 0.310 e. The number of esters is 1. The van der Waals surface area contributed by atoms with Gasteiger partial charge in [-0.05, 0) is 44.0 Å². The number of anilines is 1. The summed E-state index contributed by atoms with van der Waals surface area (Å²) in [5, 5.41) is 4.97. The second-order valence-electron chi connectivity index (χ2n) is 6.13. The Morgan fingerprint density at radius 3 is 2.69 bits per heavy atom. The molecule has 0 aliphatic carbocycles. The molecule has 0 spiro atoms. The highest BCUT2D eigenvalue weighted by Crippen LogP contribution is 2.28. The molecule has 5 nitrogen and oxygen atoms in total. The molecule has 1 aromatic carbocycles. The Balaban J connectivity index is 1.79. The number of carbonyl (C=O) groups is 1. The molecule has 0 aliphatic rings. The summed E-state index contributed by atoms with van der Waals surface area (Å²) in [5.41, 5.74) is 1.03. The summed E-state index contributed by atoms with van der Waals surface area (Å²) in [6.45, 7) is 4.34. The van der Waals surface area contributed by atoms with Crippen molar-refractivity contribution in [3.05, 3.63) is 51.6 Å². The van der Waals surface area contributed by atoms with Crippen molar-refractivity contribution in [3.8, 4) is 0 Å². The molecule has 136 valence electrons. The normalized spacial score (nSPS) is 12.2. The number of halogens is 1. The molecule has 0 fully saturated rings. The van der Waals surface area contributed by atoms with Crippen LogP contribution in [-0.4, -0.2) is 29.6 Å². The van der Waals surface area contributed by atoms with Crippen LogP contribution in [0.25, 0.3) is 10.2 Å². The molecular formula is C19H20ClN3O2S. The fraction of sp³-hybridized carbons (Fsp3) is 0.316. The number of aryl methyl sites for hydroxylation is 2. The van der Waals surface area contributed by atoms with Gasteiger partial charge in [-0.15, -0.1) is 11.3 Å². The zero-order valence-electron chi connectivity index (χ0n) is 14.9. The molecule has 7 heteroatoms. The van der Waals surface area contributed by atoms with Crippen LogP contribution in [0.2, 0.25) is 5.02 Å². The summed E-state index contributed by atoms with van der Waals surface area (Å²) in [5.74, 6) is 0.873. The molecule has 2 heterocycles. The maximum Gasteiger partial charge on any atom is 0.310 e. The van der Waals surface area contributed by atoms with E-state index in [1.807, 2.05) is 38.1 Å². The number of nitrogens with one attached hydrogen (secondary N) is 1. The Bertz CT molecular complexity index is 924. The van der Waals surface area contributed by atoms with Crippen LogP contribution in [0.3, 0.4) is 0 Å². The average Bonchev–Trinajstić information content (AvgIpc) is 2.99. The Morgan fingerprint density at radius 1 is 1.27 bits per heavy atom. The average molecular weight is 390 g/mol. The van der Waals surface area contributed by atoms with E-state index in [0.717, 1.165) is 21.6 Å². The van der Waals surface area contributed by atoms with Crippen LogP contribution in [0.5, 0.6) is 0 Å². The third kappa shape index (κ3) is 4.31. The maximum absolute atomic E-state index is 12.2. The molecule has 1 atom stereocenters. The lowest BCUT2D eigenvalue weighted by Gasteiger charge is -2.16. The highest BCUT2D eigenvalue weighted by molar-refractivity contribution is 7.18. The van der Waals surface area contributed by atoms with E-state index in [2.05, 4.69) is 21.4 Å². The number of ether oxygens (including phenoxy) is 1. The van der Waals surface area contributed by atoms with Gasteiger partial charge < -0.3 is 10.1 Å². The van der Waals surface area contributed by atoms with Crippen molar-refractivity contribution >= 4 is 44.9 Å². The van der Waals surface area contributed by atoms with Crippen molar-refractivity contribution in [2.45, 2.75) is 20.3 Å². The minimum Gasteiger partial charge on any atom is -0.469 e. The SMILES string of the molecule is COC(=O)C(CNc1nc(C)nc2sc(C)cc12)Cc1ccc(Cl)cc1. The van der Waals surface area contributed by atoms with Gasteiger partial charge in [0.1, 0.15) is 16.5 Å². The largest absolute Gasteiger partial charge is 0.469 e. The van der Waals surface area contributed by atoms with E-state index in [9.17, 15) is 4.79 Å². The summed E-state index contributed by atoms with van der Waals surface area (Å²) in [7, 11) is 1.41. The number of rotatable bonds is 6. The van der Waals surface area contributed by atoms with Crippen LogP contribution in [0, 0.1) is 19.8 Å². The molecule has 0 saturated heterocycles. The van der Waals surface area contributed by atoms with Gasteiger partial charge in [0, 0.05) is 16.4 Å². The quantitative estimate of drug-likeness (QED) is 0.633. The van der Waals surface area contributed by atoms with Gasteiger partial charge >= 0.3 is 5.97 Å². The fourth-order valence-electron chi connectivity index (χ4n) is 2.81. The number of fused-ring (bicyclic) bond motifs is 1. The zero-order valence-corrected chi connectivity index (χ0v) is 16.4. The molecule has 0 aliphatic heterocycles. The highest BCUT2D eigenvalue weighted by Gasteiger charge is 2.21. The standard InChI is InChI=1S/C19H20ClN3O2S/c1-11-8-16-17(22-12(2)23-18(16)26-11)21-10-14(19(24)25-3)9-13-4-6-15(20)7-5-13/h4-8,14H,9-10H2,1-3H3,(H,21,22,23). The van der Waals surface area contributed by atoms with E-state index >= 15 is 0 Å². The number of nitrogens with zero attached hydrogens (tertiary/aromatic N) is 2. The van der Waals surface area contributed by atoms with Gasteiger partial charge in [-0.1, -0.05) is 23.7 Å². The van der Waals surface area contributed by atoms with Crippen molar-refractivity contribution in [3.63, 3.8) is 0 Å². The Labute approximate surface area is 161 Å². The summed E-state index contributed by atoms with van der Waals surface area (Å²) in [6.07, 6.45) is 0.562. The topological polar surface area (TPSA) is 64.1 Å². The summed E-state index contributed by atoms with van der Waals surface area (Å²) < 4.78 is 4.98. The molecular weight excluding hydrogens is 370 g/mol. The molecule has 0 saturated carbocycles. The number of hydrogen-bond acceptors (Lipinski definition) is 6.